The van der Waals surface area contributed by atoms with E-state index in [4.69, 9.17) is 4.52 Å². The van der Waals surface area contributed by atoms with Gasteiger partial charge in [0.15, 0.2) is 5.58 Å². The molecule has 1 aliphatic heterocycles. The Hall–Kier alpha value is -2.41. The molecule has 0 aliphatic carbocycles. The van der Waals surface area contributed by atoms with Crippen molar-refractivity contribution < 1.29 is 9.32 Å². The Morgan fingerprint density at radius 3 is 2.74 bits per heavy atom. The Morgan fingerprint density at radius 1 is 1.22 bits per heavy atom. The minimum atomic E-state index is -0.285. The minimum absolute atomic E-state index is 0.119. The van der Waals surface area contributed by atoms with Gasteiger partial charge in [-0.15, -0.1) is 11.3 Å². The van der Waals surface area contributed by atoms with Crippen LogP contribution in [0, 0.1) is 0 Å². The molecule has 3 aromatic rings. The van der Waals surface area contributed by atoms with Crippen LogP contribution in [0.1, 0.15) is 49.7 Å². The molecule has 3 heterocycles. The van der Waals surface area contributed by atoms with Crippen molar-refractivity contribution in [2.75, 3.05) is 18.0 Å². The zero-order chi connectivity index (χ0) is 19.0. The molecule has 4 rings (SSSR count). The van der Waals surface area contributed by atoms with Gasteiger partial charge < -0.3 is 14.7 Å². The zero-order valence-electron chi connectivity index (χ0n) is 15.9. The summed E-state index contributed by atoms with van der Waals surface area (Å²) in [6, 6.07) is 6.22. The lowest BCUT2D eigenvalue weighted by atomic mass is 10.1. The van der Waals surface area contributed by atoms with E-state index < -0.39 is 0 Å². The van der Waals surface area contributed by atoms with Crippen molar-refractivity contribution in [2.24, 2.45) is 0 Å². The van der Waals surface area contributed by atoms with Crippen LogP contribution in [0.25, 0.3) is 21.7 Å². The molecule has 0 saturated carbocycles. The normalized spacial score (nSPS) is 15.3. The smallest absolute Gasteiger partial charge is 0.263 e. The summed E-state index contributed by atoms with van der Waals surface area (Å²) in [6.45, 7) is 8.05. The van der Waals surface area contributed by atoms with Gasteiger partial charge in [-0.25, -0.2) is 4.98 Å². The van der Waals surface area contributed by atoms with Gasteiger partial charge in [-0.2, -0.15) is 0 Å². The third kappa shape index (κ3) is 3.83. The fourth-order valence-electron chi connectivity index (χ4n) is 3.32. The standard InChI is InChI=1S/C20H24N4O2S/c1-20(2,3)22-18(25)16-12-21-19(27-16)17-14-8-7-13(11-15(14)26-23-17)24-9-5-4-6-10-24/h7-8,11-12H,4-6,9-10H2,1-3H3,(H,22,25). The number of nitrogens with one attached hydrogen (secondary N) is 1. The van der Waals surface area contributed by atoms with Crippen molar-refractivity contribution in [3.63, 3.8) is 0 Å². The van der Waals surface area contributed by atoms with Gasteiger partial charge >= 0.3 is 0 Å². The summed E-state index contributed by atoms with van der Waals surface area (Å²) in [6.07, 6.45) is 5.38. The number of nitrogens with zero attached hydrogens (tertiary/aromatic N) is 3. The van der Waals surface area contributed by atoms with Gasteiger partial charge in [-0.3, -0.25) is 4.79 Å². The molecule has 1 N–H and O–H groups in total. The molecule has 0 bridgehead atoms. The Morgan fingerprint density at radius 2 is 2.00 bits per heavy atom. The number of anilines is 1. The van der Waals surface area contributed by atoms with E-state index in [0.29, 0.717) is 15.6 Å². The van der Waals surface area contributed by atoms with Crippen LogP contribution in [0.3, 0.4) is 0 Å². The molecule has 0 spiro atoms. The Bertz CT molecular complexity index is 964. The van der Waals surface area contributed by atoms with Gasteiger partial charge in [0.25, 0.3) is 5.91 Å². The van der Waals surface area contributed by atoms with Crippen LogP contribution >= 0.6 is 11.3 Å². The summed E-state index contributed by atoms with van der Waals surface area (Å²) in [5, 5.41) is 8.80. The quantitative estimate of drug-likeness (QED) is 0.721. The summed E-state index contributed by atoms with van der Waals surface area (Å²) < 4.78 is 5.57. The number of fused-ring (bicyclic) bond motifs is 1. The van der Waals surface area contributed by atoms with Crippen molar-refractivity contribution in [3.05, 3.63) is 29.3 Å². The van der Waals surface area contributed by atoms with E-state index in [1.165, 1.54) is 36.3 Å². The summed E-state index contributed by atoms with van der Waals surface area (Å²) in [5.41, 5.74) is 2.33. The third-order valence-corrected chi connectivity index (χ3v) is 5.60. The van der Waals surface area contributed by atoms with Gasteiger partial charge in [0.1, 0.15) is 15.6 Å². The molecule has 142 valence electrons. The van der Waals surface area contributed by atoms with Crippen LogP contribution in [0.2, 0.25) is 0 Å². The highest BCUT2D eigenvalue weighted by Crippen LogP contribution is 2.33. The lowest BCUT2D eigenvalue weighted by Crippen LogP contribution is -2.40. The lowest BCUT2D eigenvalue weighted by Gasteiger charge is -2.28. The fraction of sp³-hybridized carbons (Fsp3) is 0.450. The second-order valence-electron chi connectivity index (χ2n) is 7.99. The van der Waals surface area contributed by atoms with Crippen molar-refractivity contribution >= 4 is 33.9 Å². The molecule has 1 aliphatic rings. The largest absolute Gasteiger partial charge is 0.371 e. The van der Waals surface area contributed by atoms with Crippen LogP contribution < -0.4 is 10.2 Å². The van der Waals surface area contributed by atoms with E-state index in [9.17, 15) is 4.79 Å². The maximum absolute atomic E-state index is 12.3. The van der Waals surface area contributed by atoms with E-state index in [1.54, 1.807) is 6.20 Å². The molecule has 1 amide bonds. The van der Waals surface area contributed by atoms with Crippen molar-refractivity contribution in [1.29, 1.82) is 0 Å². The van der Waals surface area contributed by atoms with Gasteiger partial charge in [0.2, 0.25) is 0 Å². The summed E-state index contributed by atoms with van der Waals surface area (Å²) >= 11 is 1.33. The molecule has 27 heavy (non-hydrogen) atoms. The predicted molar refractivity (Wildman–Crippen MR) is 108 cm³/mol. The number of carbonyl (C=O) groups is 1. The highest BCUT2D eigenvalue weighted by molar-refractivity contribution is 7.17. The first-order valence-electron chi connectivity index (χ1n) is 9.34. The van der Waals surface area contributed by atoms with Crippen LogP contribution in [-0.4, -0.2) is 34.7 Å². The van der Waals surface area contributed by atoms with Crippen molar-refractivity contribution in [3.8, 4) is 10.7 Å². The third-order valence-electron chi connectivity index (χ3n) is 4.60. The lowest BCUT2D eigenvalue weighted by molar-refractivity contribution is 0.0923. The van der Waals surface area contributed by atoms with E-state index in [2.05, 4.69) is 32.5 Å². The number of benzene rings is 1. The summed E-state index contributed by atoms with van der Waals surface area (Å²) in [7, 11) is 0. The molecular weight excluding hydrogens is 360 g/mol. The van der Waals surface area contributed by atoms with Crippen LogP contribution in [0.4, 0.5) is 5.69 Å². The summed E-state index contributed by atoms with van der Waals surface area (Å²) in [4.78, 5) is 19.7. The molecule has 0 atom stereocenters. The second kappa shape index (κ2) is 6.96. The topological polar surface area (TPSA) is 71.3 Å². The van der Waals surface area contributed by atoms with Gasteiger partial charge in [0, 0.05) is 30.4 Å². The Labute approximate surface area is 162 Å². The van der Waals surface area contributed by atoms with Crippen LogP contribution in [-0.2, 0) is 0 Å². The number of hydrogen-bond donors (Lipinski definition) is 1. The molecule has 0 unspecified atom stereocenters. The first kappa shape index (κ1) is 18.0. The fourth-order valence-corrected chi connectivity index (χ4v) is 4.13. The maximum Gasteiger partial charge on any atom is 0.263 e. The monoisotopic (exact) mass is 384 g/mol. The molecule has 1 aromatic carbocycles. The van der Waals surface area contributed by atoms with E-state index in [-0.39, 0.29) is 11.4 Å². The Kier molecular flexibility index (Phi) is 4.63. The van der Waals surface area contributed by atoms with Gasteiger partial charge in [-0.1, -0.05) is 5.16 Å². The maximum atomic E-state index is 12.3. The minimum Gasteiger partial charge on any atom is -0.371 e. The number of piperidine rings is 1. The summed E-state index contributed by atoms with van der Waals surface area (Å²) in [5.74, 6) is -0.119. The SMILES string of the molecule is CC(C)(C)NC(=O)c1cnc(-c2noc3cc(N4CCCCC4)ccc23)s1. The molecule has 1 saturated heterocycles. The van der Waals surface area contributed by atoms with Crippen molar-refractivity contribution in [1.82, 2.24) is 15.5 Å². The number of amides is 1. The molecule has 0 radical (unpaired) electrons. The number of rotatable bonds is 3. The average Bonchev–Trinajstić information content (AvgIpc) is 3.27. The molecule has 1 fully saturated rings. The van der Waals surface area contributed by atoms with Crippen LogP contribution in [0.15, 0.2) is 28.9 Å². The van der Waals surface area contributed by atoms with Gasteiger partial charge in [-0.05, 0) is 52.2 Å². The first-order valence-corrected chi connectivity index (χ1v) is 10.2. The van der Waals surface area contributed by atoms with E-state index in [0.717, 1.165) is 24.1 Å². The van der Waals surface area contributed by atoms with E-state index in [1.807, 2.05) is 26.8 Å². The second-order valence-corrected chi connectivity index (χ2v) is 9.02. The zero-order valence-corrected chi connectivity index (χ0v) is 16.7. The average molecular weight is 385 g/mol. The van der Waals surface area contributed by atoms with E-state index >= 15 is 0 Å². The molecule has 2 aromatic heterocycles. The predicted octanol–water partition coefficient (Wildman–Crippen LogP) is 4.47. The number of carbonyl (C=O) groups excluding carboxylic acids is 1. The molecule has 7 heteroatoms. The van der Waals surface area contributed by atoms with Crippen LogP contribution in [0.5, 0.6) is 0 Å². The molecular formula is C20H24N4O2S. The molecule has 6 nitrogen and oxygen atoms in total. The number of thiazole rings is 1. The number of hydrogen-bond acceptors (Lipinski definition) is 6. The highest BCUT2D eigenvalue weighted by Gasteiger charge is 2.21. The van der Waals surface area contributed by atoms with Gasteiger partial charge in [0.05, 0.1) is 11.6 Å². The Balaban J connectivity index is 1.60. The number of aromatic nitrogens is 2. The first-order chi connectivity index (χ1) is 12.9. The highest BCUT2D eigenvalue weighted by atomic mass is 32.1. The van der Waals surface area contributed by atoms with Crippen molar-refractivity contribution in [2.45, 2.75) is 45.6 Å².